The number of rotatable bonds is 10. The summed E-state index contributed by atoms with van der Waals surface area (Å²) in [5.41, 5.74) is 5.46. The molecular weight excluding hydrogens is 424 g/mol. The molecule has 0 amide bonds. The molecule has 166 valence electrons. The fourth-order valence-corrected chi connectivity index (χ4v) is 3.87. The number of hydrogen-bond donors (Lipinski definition) is 2. The highest BCUT2D eigenvalue weighted by Crippen LogP contribution is 2.29. The lowest BCUT2D eigenvalue weighted by Gasteiger charge is -2.26. The molecule has 0 heterocycles. The van der Waals surface area contributed by atoms with E-state index in [1.165, 1.54) is 11.1 Å². The number of ether oxygens (including phenoxy) is 1. The first-order chi connectivity index (χ1) is 15.6. The molecule has 0 saturated carbocycles. The first-order valence-electron chi connectivity index (χ1n) is 10.4. The molecule has 0 radical (unpaired) electrons. The van der Waals surface area contributed by atoms with E-state index in [0.29, 0.717) is 23.9 Å². The number of hydrogen-bond acceptors (Lipinski definition) is 5. The lowest BCUT2D eigenvalue weighted by molar-refractivity contribution is 0.0781. The predicted octanol–water partition coefficient (Wildman–Crippen LogP) is 4.57. The molecule has 2 N–H and O–H groups in total. The standard InChI is InChI=1S/C26H27ClN2O3/c1-19-22(8-5-9-24(19)21-6-3-2-4-7-21)18-32-26-11-10-20(14-25(26)27)15-29(13-12-28)23(16-30)17-31/h2-11,14,23,30-31H,13,15-18H2,1H3. The van der Waals surface area contributed by atoms with Gasteiger partial charge < -0.3 is 14.9 Å². The quantitative estimate of drug-likeness (QED) is 0.442. The van der Waals surface area contributed by atoms with Crippen LogP contribution in [0.5, 0.6) is 5.75 Å². The fraction of sp³-hybridized carbons (Fsp3) is 0.269. The third kappa shape index (κ3) is 5.87. The van der Waals surface area contributed by atoms with Crippen LogP contribution < -0.4 is 4.74 Å². The van der Waals surface area contributed by atoms with Crippen molar-refractivity contribution in [2.45, 2.75) is 26.1 Å². The Balaban J connectivity index is 1.71. The molecule has 5 nitrogen and oxygen atoms in total. The maximum absolute atomic E-state index is 9.44. The van der Waals surface area contributed by atoms with Gasteiger partial charge in [0.05, 0.1) is 36.9 Å². The monoisotopic (exact) mass is 450 g/mol. The average Bonchev–Trinajstić information content (AvgIpc) is 2.81. The SMILES string of the molecule is Cc1c(COc2ccc(CN(CC#N)C(CO)CO)cc2Cl)cccc1-c1ccccc1. The fourth-order valence-electron chi connectivity index (χ4n) is 3.61. The van der Waals surface area contributed by atoms with Crippen LogP contribution in [0.4, 0.5) is 0 Å². The highest BCUT2D eigenvalue weighted by molar-refractivity contribution is 6.32. The molecule has 0 atom stereocenters. The summed E-state index contributed by atoms with van der Waals surface area (Å²) in [5, 5.41) is 28.4. The number of nitriles is 1. The Kier molecular flexibility index (Phi) is 8.66. The van der Waals surface area contributed by atoms with Gasteiger partial charge in [0, 0.05) is 6.54 Å². The van der Waals surface area contributed by atoms with E-state index in [4.69, 9.17) is 21.6 Å². The Morgan fingerprint density at radius 3 is 2.44 bits per heavy atom. The van der Waals surface area contributed by atoms with E-state index in [9.17, 15) is 10.2 Å². The van der Waals surface area contributed by atoms with Crippen LogP contribution in [0.2, 0.25) is 5.02 Å². The molecule has 0 spiro atoms. The number of aliphatic hydroxyl groups is 2. The summed E-state index contributed by atoms with van der Waals surface area (Å²) in [5.74, 6) is 0.577. The Labute approximate surface area is 194 Å². The summed E-state index contributed by atoms with van der Waals surface area (Å²) in [4.78, 5) is 1.71. The Bertz CT molecular complexity index is 1060. The molecule has 0 aromatic heterocycles. The third-order valence-corrected chi connectivity index (χ3v) is 5.80. The average molecular weight is 451 g/mol. The summed E-state index contributed by atoms with van der Waals surface area (Å²) in [6.07, 6.45) is 0. The summed E-state index contributed by atoms with van der Waals surface area (Å²) in [6.45, 7) is 2.51. The number of halogens is 1. The van der Waals surface area contributed by atoms with Gasteiger partial charge in [0.25, 0.3) is 0 Å². The number of nitrogens with zero attached hydrogens (tertiary/aromatic N) is 2. The maximum atomic E-state index is 9.44. The molecule has 6 heteroatoms. The minimum absolute atomic E-state index is 0.0959. The maximum Gasteiger partial charge on any atom is 0.138 e. The smallest absolute Gasteiger partial charge is 0.138 e. The van der Waals surface area contributed by atoms with Gasteiger partial charge in [0.15, 0.2) is 0 Å². The van der Waals surface area contributed by atoms with Gasteiger partial charge in [-0.25, -0.2) is 0 Å². The second-order valence-corrected chi connectivity index (χ2v) is 8.00. The molecule has 3 rings (SSSR count). The van der Waals surface area contributed by atoms with Crippen molar-refractivity contribution in [3.05, 3.63) is 88.4 Å². The third-order valence-electron chi connectivity index (χ3n) is 5.51. The topological polar surface area (TPSA) is 76.7 Å². The molecule has 0 aliphatic rings. The zero-order chi connectivity index (χ0) is 22.9. The predicted molar refractivity (Wildman–Crippen MR) is 126 cm³/mol. The number of benzene rings is 3. The molecule has 0 unspecified atom stereocenters. The number of aliphatic hydroxyl groups excluding tert-OH is 2. The van der Waals surface area contributed by atoms with Gasteiger partial charge in [-0.3, -0.25) is 4.90 Å². The van der Waals surface area contributed by atoms with Gasteiger partial charge in [0.1, 0.15) is 12.4 Å². The van der Waals surface area contributed by atoms with Crippen LogP contribution in [0.3, 0.4) is 0 Å². The molecule has 0 fully saturated rings. The van der Waals surface area contributed by atoms with Crippen LogP contribution in [0.1, 0.15) is 16.7 Å². The minimum Gasteiger partial charge on any atom is -0.487 e. The van der Waals surface area contributed by atoms with Crippen molar-refractivity contribution in [3.8, 4) is 22.9 Å². The largest absolute Gasteiger partial charge is 0.487 e. The van der Waals surface area contributed by atoms with Gasteiger partial charge in [-0.05, 0) is 46.9 Å². The molecular formula is C26H27ClN2O3. The highest BCUT2D eigenvalue weighted by atomic mass is 35.5. The van der Waals surface area contributed by atoms with E-state index < -0.39 is 6.04 Å². The van der Waals surface area contributed by atoms with Crippen molar-refractivity contribution >= 4 is 11.6 Å². The normalized spacial score (nSPS) is 11.0. The van der Waals surface area contributed by atoms with Crippen molar-refractivity contribution < 1.29 is 14.9 Å². The molecule has 3 aromatic carbocycles. The van der Waals surface area contributed by atoms with Crippen LogP contribution >= 0.6 is 11.6 Å². The Morgan fingerprint density at radius 1 is 1.03 bits per heavy atom. The molecule has 0 saturated heterocycles. The lowest BCUT2D eigenvalue weighted by Crippen LogP contribution is -2.40. The second-order valence-electron chi connectivity index (χ2n) is 7.59. The molecule has 0 aliphatic carbocycles. The first-order valence-corrected chi connectivity index (χ1v) is 10.8. The van der Waals surface area contributed by atoms with Crippen LogP contribution in [0.25, 0.3) is 11.1 Å². The lowest BCUT2D eigenvalue weighted by atomic mass is 9.97. The Morgan fingerprint density at radius 2 is 1.78 bits per heavy atom. The van der Waals surface area contributed by atoms with Crippen molar-refractivity contribution in [2.75, 3.05) is 19.8 Å². The van der Waals surface area contributed by atoms with Crippen molar-refractivity contribution in [1.29, 1.82) is 5.26 Å². The van der Waals surface area contributed by atoms with E-state index in [2.05, 4.69) is 31.2 Å². The first kappa shape index (κ1) is 23.8. The zero-order valence-corrected chi connectivity index (χ0v) is 18.8. The highest BCUT2D eigenvalue weighted by Gasteiger charge is 2.17. The van der Waals surface area contributed by atoms with Gasteiger partial charge in [0.2, 0.25) is 0 Å². The van der Waals surface area contributed by atoms with Gasteiger partial charge in [-0.1, -0.05) is 66.2 Å². The van der Waals surface area contributed by atoms with E-state index in [-0.39, 0.29) is 19.8 Å². The van der Waals surface area contributed by atoms with Crippen molar-refractivity contribution in [1.82, 2.24) is 4.90 Å². The van der Waals surface area contributed by atoms with E-state index >= 15 is 0 Å². The summed E-state index contributed by atoms with van der Waals surface area (Å²) in [6, 6.07) is 23.5. The van der Waals surface area contributed by atoms with Crippen LogP contribution in [0, 0.1) is 18.3 Å². The Hall–Kier alpha value is -2.88. The van der Waals surface area contributed by atoms with E-state index in [0.717, 1.165) is 16.7 Å². The van der Waals surface area contributed by atoms with Gasteiger partial charge in [-0.15, -0.1) is 0 Å². The zero-order valence-electron chi connectivity index (χ0n) is 18.0. The summed E-state index contributed by atoms with van der Waals surface area (Å²) in [7, 11) is 0. The molecule has 3 aromatic rings. The van der Waals surface area contributed by atoms with Gasteiger partial charge in [-0.2, -0.15) is 5.26 Å². The summed E-state index contributed by atoms with van der Waals surface area (Å²) >= 11 is 6.46. The van der Waals surface area contributed by atoms with E-state index in [1.807, 2.05) is 42.5 Å². The van der Waals surface area contributed by atoms with Gasteiger partial charge >= 0.3 is 0 Å². The van der Waals surface area contributed by atoms with Crippen molar-refractivity contribution in [3.63, 3.8) is 0 Å². The van der Waals surface area contributed by atoms with Crippen LogP contribution in [0.15, 0.2) is 66.7 Å². The molecule has 0 bridgehead atoms. The van der Waals surface area contributed by atoms with Crippen LogP contribution in [-0.2, 0) is 13.2 Å². The minimum atomic E-state index is -0.496. The van der Waals surface area contributed by atoms with Crippen molar-refractivity contribution in [2.24, 2.45) is 0 Å². The summed E-state index contributed by atoms with van der Waals surface area (Å²) < 4.78 is 6.01. The van der Waals surface area contributed by atoms with E-state index in [1.54, 1.807) is 11.0 Å². The molecule has 0 aliphatic heterocycles. The molecule has 32 heavy (non-hydrogen) atoms. The second kappa shape index (κ2) is 11.7. The van der Waals surface area contributed by atoms with Crippen LogP contribution in [-0.4, -0.2) is 40.9 Å².